The molecule has 0 spiro atoms. The largest absolute Gasteiger partial charge is 0.491 e. The van der Waals surface area contributed by atoms with Gasteiger partial charge < -0.3 is 15.0 Å². The first kappa shape index (κ1) is 14.6. The predicted octanol–water partition coefficient (Wildman–Crippen LogP) is 3.61. The van der Waals surface area contributed by atoms with Crippen molar-refractivity contribution in [1.82, 2.24) is 15.3 Å². The predicted molar refractivity (Wildman–Crippen MR) is 80.8 cm³/mol. The third-order valence-corrected chi connectivity index (χ3v) is 3.18. The van der Waals surface area contributed by atoms with Crippen LogP contribution in [0.4, 0.5) is 0 Å². The van der Waals surface area contributed by atoms with Gasteiger partial charge in [-0.25, -0.2) is 4.98 Å². The van der Waals surface area contributed by atoms with Gasteiger partial charge in [0, 0.05) is 18.4 Å². The Balaban J connectivity index is 1.97. The van der Waals surface area contributed by atoms with Crippen molar-refractivity contribution in [2.45, 2.75) is 45.9 Å². The normalized spacial score (nSPS) is 14.2. The number of benzene rings is 1. The second-order valence-electron chi connectivity index (χ2n) is 5.32. The van der Waals surface area contributed by atoms with E-state index in [1.54, 1.807) is 6.20 Å². The second kappa shape index (κ2) is 6.57. The van der Waals surface area contributed by atoms with E-state index in [0.29, 0.717) is 0 Å². The monoisotopic (exact) mass is 273 g/mol. The van der Waals surface area contributed by atoms with E-state index in [2.05, 4.69) is 41.3 Å². The zero-order valence-electron chi connectivity index (χ0n) is 12.6. The third kappa shape index (κ3) is 3.84. The first-order valence-corrected chi connectivity index (χ1v) is 7.08. The van der Waals surface area contributed by atoms with Crippen LogP contribution in [-0.2, 0) is 0 Å². The van der Waals surface area contributed by atoms with Gasteiger partial charge in [-0.3, -0.25) is 0 Å². The summed E-state index contributed by atoms with van der Waals surface area (Å²) >= 11 is 0. The minimum absolute atomic E-state index is 0.187. The molecule has 0 aliphatic carbocycles. The van der Waals surface area contributed by atoms with Gasteiger partial charge in [0.2, 0.25) is 0 Å². The molecule has 0 aliphatic heterocycles. The van der Waals surface area contributed by atoms with Crippen LogP contribution in [-0.4, -0.2) is 16.1 Å². The van der Waals surface area contributed by atoms with Crippen LogP contribution in [0.1, 0.15) is 51.2 Å². The van der Waals surface area contributed by atoms with Crippen LogP contribution in [0.2, 0.25) is 0 Å². The molecule has 2 unspecified atom stereocenters. The van der Waals surface area contributed by atoms with Crippen molar-refractivity contribution < 1.29 is 4.74 Å². The SMILES string of the molecule is CC(C)Oc1ccc(C(C)NC(C)c2ncc[nH]2)cc1. The van der Waals surface area contributed by atoms with Gasteiger partial charge in [0.05, 0.1) is 12.1 Å². The van der Waals surface area contributed by atoms with Crippen molar-refractivity contribution in [3.63, 3.8) is 0 Å². The van der Waals surface area contributed by atoms with Crippen LogP contribution in [0.25, 0.3) is 0 Å². The van der Waals surface area contributed by atoms with Crippen molar-refractivity contribution in [3.8, 4) is 5.75 Å². The van der Waals surface area contributed by atoms with Gasteiger partial charge in [-0.1, -0.05) is 12.1 Å². The molecule has 4 heteroatoms. The Bertz CT molecular complexity index is 505. The maximum Gasteiger partial charge on any atom is 0.122 e. The highest BCUT2D eigenvalue weighted by Crippen LogP contribution is 2.20. The molecule has 20 heavy (non-hydrogen) atoms. The lowest BCUT2D eigenvalue weighted by atomic mass is 10.1. The van der Waals surface area contributed by atoms with E-state index in [-0.39, 0.29) is 18.2 Å². The van der Waals surface area contributed by atoms with Crippen molar-refractivity contribution in [1.29, 1.82) is 0 Å². The zero-order chi connectivity index (χ0) is 14.5. The highest BCUT2D eigenvalue weighted by atomic mass is 16.5. The van der Waals surface area contributed by atoms with E-state index < -0.39 is 0 Å². The highest BCUT2D eigenvalue weighted by molar-refractivity contribution is 5.29. The van der Waals surface area contributed by atoms with Crippen molar-refractivity contribution >= 4 is 0 Å². The summed E-state index contributed by atoms with van der Waals surface area (Å²) < 4.78 is 5.65. The molecule has 0 amide bonds. The van der Waals surface area contributed by atoms with E-state index in [0.717, 1.165) is 11.6 Å². The first-order valence-electron chi connectivity index (χ1n) is 7.08. The average molecular weight is 273 g/mol. The maximum atomic E-state index is 5.65. The third-order valence-electron chi connectivity index (χ3n) is 3.18. The molecule has 1 aromatic heterocycles. The quantitative estimate of drug-likeness (QED) is 0.845. The lowest BCUT2D eigenvalue weighted by Gasteiger charge is -2.19. The molecule has 4 nitrogen and oxygen atoms in total. The number of hydrogen-bond donors (Lipinski definition) is 2. The number of imidazole rings is 1. The molecule has 0 radical (unpaired) electrons. The molecule has 108 valence electrons. The van der Waals surface area contributed by atoms with Gasteiger partial charge in [-0.05, 0) is 45.4 Å². The van der Waals surface area contributed by atoms with E-state index in [1.165, 1.54) is 5.56 Å². The van der Waals surface area contributed by atoms with Crippen LogP contribution >= 0.6 is 0 Å². The van der Waals surface area contributed by atoms with E-state index in [9.17, 15) is 0 Å². The molecule has 0 saturated carbocycles. The Morgan fingerprint density at radius 3 is 2.30 bits per heavy atom. The number of nitrogens with zero attached hydrogens (tertiary/aromatic N) is 1. The molecule has 1 aromatic carbocycles. The molecule has 2 aromatic rings. The van der Waals surface area contributed by atoms with Crippen molar-refractivity contribution in [3.05, 3.63) is 48.0 Å². The molecule has 1 heterocycles. The number of aromatic amines is 1. The Labute approximate surface area is 120 Å². The summed E-state index contributed by atoms with van der Waals surface area (Å²) in [5, 5.41) is 3.52. The maximum absolute atomic E-state index is 5.65. The van der Waals surface area contributed by atoms with Gasteiger partial charge in [0.15, 0.2) is 0 Å². The number of aromatic nitrogens is 2. The second-order valence-corrected chi connectivity index (χ2v) is 5.32. The fourth-order valence-electron chi connectivity index (χ4n) is 2.17. The number of nitrogens with one attached hydrogen (secondary N) is 2. The standard InChI is InChI=1S/C16H23N3O/c1-11(2)20-15-7-5-14(6-8-15)12(3)19-13(4)16-17-9-10-18-16/h5-13,19H,1-4H3,(H,17,18). The first-order chi connectivity index (χ1) is 9.56. The Morgan fingerprint density at radius 1 is 1.05 bits per heavy atom. The highest BCUT2D eigenvalue weighted by Gasteiger charge is 2.12. The molecule has 0 fully saturated rings. The average Bonchev–Trinajstić information content (AvgIpc) is 2.92. The molecular formula is C16H23N3O. The molecule has 2 atom stereocenters. The number of rotatable bonds is 6. The fourth-order valence-corrected chi connectivity index (χ4v) is 2.17. The van der Waals surface area contributed by atoms with Crippen LogP contribution in [0.5, 0.6) is 5.75 Å². The molecule has 0 bridgehead atoms. The fraction of sp³-hybridized carbons (Fsp3) is 0.438. The van der Waals surface area contributed by atoms with Gasteiger partial charge >= 0.3 is 0 Å². The summed E-state index contributed by atoms with van der Waals surface area (Å²) in [7, 11) is 0. The number of ether oxygens (including phenoxy) is 1. The number of H-pyrrole nitrogens is 1. The van der Waals surface area contributed by atoms with E-state index in [1.807, 2.05) is 32.2 Å². The summed E-state index contributed by atoms with van der Waals surface area (Å²) in [6, 6.07) is 8.68. The van der Waals surface area contributed by atoms with Crippen molar-refractivity contribution in [2.24, 2.45) is 0 Å². The Hall–Kier alpha value is -1.81. The van der Waals surface area contributed by atoms with Gasteiger partial charge in [-0.2, -0.15) is 0 Å². The lowest BCUT2D eigenvalue weighted by molar-refractivity contribution is 0.242. The summed E-state index contributed by atoms with van der Waals surface area (Å²) in [5.74, 6) is 1.87. The molecule has 0 saturated heterocycles. The summed E-state index contributed by atoms with van der Waals surface area (Å²) in [6.07, 6.45) is 3.82. The lowest BCUT2D eigenvalue weighted by Crippen LogP contribution is -2.23. The topological polar surface area (TPSA) is 49.9 Å². The van der Waals surface area contributed by atoms with E-state index in [4.69, 9.17) is 4.74 Å². The molecule has 2 N–H and O–H groups in total. The number of hydrogen-bond acceptors (Lipinski definition) is 3. The van der Waals surface area contributed by atoms with Crippen LogP contribution in [0, 0.1) is 0 Å². The van der Waals surface area contributed by atoms with Gasteiger partial charge in [0.1, 0.15) is 11.6 Å². The Morgan fingerprint density at radius 2 is 1.75 bits per heavy atom. The van der Waals surface area contributed by atoms with E-state index >= 15 is 0 Å². The van der Waals surface area contributed by atoms with Crippen LogP contribution in [0.15, 0.2) is 36.7 Å². The van der Waals surface area contributed by atoms with Crippen molar-refractivity contribution in [2.75, 3.05) is 0 Å². The minimum atomic E-state index is 0.187. The molecule has 0 aliphatic rings. The van der Waals surface area contributed by atoms with Crippen LogP contribution < -0.4 is 10.1 Å². The molecule has 2 rings (SSSR count). The zero-order valence-corrected chi connectivity index (χ0v) is 12.6. The van der Waals surface area contributed by atoms with Gasteiger partial charge in [-0.15, -0.1) is 0 Å². The van der Waals surface area contributed by atoms with Gasteiger partial charge in [0.25, 0.3) is 0 Å². The molecular weight excluding hydrogens is 250 g/mol. The minimum Gasteiger partial charge on any atom is -0.491 e. The summed E-state index contributed by atoms with van der Waals surface area (Å²) in [4.78, 5) is 7.40. The smallest absolute Gasteiger partial charge is 0.122 e. The Kier molecular flexibility index (Phi) is 4.79. The summed E-state index contributed by atoms with van der Waals surface area (Å²) in [5.41, 5.74) is 1.24. The van der Waals surface area contributed by atoms with Crippen LogP contribution in [0.3, 0.4) is 0 Å². The summed E-state index contributed by atoms with van der Waals surface area (Å²) in [6.45, 7) is 8.32.